The second-order valence-corrected chi connectivity index (χ2v) is 6.05. The van der Waals surface area contributed by atoms with Crippen LogP contribution >= 0.6 is 0 Å². The molecule has 1 aliphatic rings. The lowest BCUT2D eigenvalue weighted by Gasteiger charge is -2.26. The number of nitrogens with zero attached hydrogens (tertiary/aromatic N) is 1. The van der Waals surface area contributed by atoms with Crippen molar-refractivity contribution in [2.75, 3.05) is 27.2 Å². The lowest BCUT2D eigenvalue weighted by molar-refractivity contribution is 0.0814. The van der Waals surface area contributed by atoms with Gasteiger partial charge in [-0.25, -0.2) is 0 Å². The Morgan fingerprint density at radius 1 is 1.35 bits per heavy atom. The van der Waals surface area contributed by atoms with Crippen molar-refractivity contribution in [3.05, 3.63) is 35.4 Å². The fraction of sp³-hybridized carbons (Fsp3) is 0.647. The van der Waals surface area contributed by atoms with Gasteiger partial charge in [0.05, 0.1) is 6.10 Å². The third-order valence-electron chi connectivity index (χ3n) is 4.39. The van der Waals surface area contributed by atoms with E-state index in [2.05, 4.69) is 55.4 Å². The molecular weight excluding hydrogens is 248 g/mol. The van der Waals surface area contributed by atoms with E-state index in [0.29, 0.717) is 18.1 Å². The molecule has 0 bridgehead atoms. The summed E-state index contributed by atoms with van der Waals surface area (Å²) < 4.78 is 5.65. The summed E-state index contributed by atoms with van der Waals surface area (Å²) in [6.45, 7) is 7.36. The van der Waals surface area contributed by atoms with Crippen molar-refractivity contribution in [2.45, 2.75) is 44.9 Å². The molecule has 0 aromatic heterocycles. The first kappa shape index (κ1) is 15.5. The van der Waals surface area contributed by atoms with Crippen molar-refractivity contribution >= 4 is 0 Å². The van der Waals surface area contributed by atoms with Crippen molar-refractivity contribution < 1.29 is 4.74 Å². The molecule has 1 saturated heterocycles. The molecule has 3 atom stereocenters. The Morgan fingerprint density at radius 2 is 2.05 bits per heavy atom. The zero-order valence-electron chi connectivity index (χ0n) is 13.2. The molecule has 0 aliphatic carbocycles. The predicted octanol–water partition coefficient (Wildman–Crippen LogP) is 2.62. The lowest BCUT2D eigenvalue weighted by atomic mass is 9.99. The summed E-state index contributed by atoms with van der Waals surface area (Å²) in [6.07, 6.45) is 1.50. The molecule has 3 unspecified atom stereocenters. The highest BCUT2D eigenvalue weighted by atomic mass is 16.5. The minimum atomic E-state index is 0.356. The van der Waals surface area contributed by atoms with Crippen molar-refractivity contribution in [1.82, 2.24) is 10.2 Å². The van der Waals surface area contributed by atoms with E-state index < -0.39 is 0 Å². The number of hydrogen-bond donors (Lipinski definition) is 1. The monoisotopic (exact) mass is 276 g/mol. The molecule has 0 saturated carbocycles. The van der Waals surface area contributed by atoms with Gasteiger partial charge in [-0.3, -0.25) is 4.90 Å². The number of likely N-dealkylation sites (N-methyl/N-ethyl adjacent to an activating group) is 2. The van der Waals surface area contributed by atoms with E-state index in [1.807, 2.05) is 7.05 Å². The summed E-state index contributed by atoms with van der Waals surface area (Å²) in [6, 6.07) is 9.61. The standard InChI is InChI=1S/C17H28N2O/c1-13(11-18-3)16-7-5-15(6-8-16)12-19(4)17-9-10-20-14(17)2/h5-8,13-14,17-18H,9-12H2,1-4H3. The maximum absolute atomic E-state index is 5.65. The summed E-state index contributed by atoms with van der Waals surface area (Å²) in [5, 5.41) is 3.23. The molecule has 3 heteroatoms. The second-order valence-electron chi connectivity index (χ2n) is 6.05. The SMILES string of the molecule is CNCC(C)c1ccc(CN(C)C2CCOC2C)cc1. The Bertz CT molecular complexity index is 404. The molecule has 1 aliphatic heterocycles. The van der Waals surface area contributed by atoms with Gasteiger partial charge >= 0.3 is 0 Å². The third-order valence-corrected chi connectivity index (χ3v) is 4.39. The summed E-state index contributed by atoms with van der Waals surface area (Å²) in [5.74, 6) is 0.565. The van der Waals surface area contributed by atoms with Crippen LogP contribution in [0.5, 0.6) is 0 Å². The lowest BCUT2D eigenvalue weighted by Crippen LogP contribution is -2.36. The molecule has 0 amide bonds. The molecule has 0 spiro atoms. The van der Waals surface area contributed by atoms with Gasteiger partial charge in [0.25, 0.3) is 0 Å². The first-order valence-corrected chi connectivity index (χ1v) is 7.67. The summed E-state index contributed by atoms with van der Waals surface area (Å²) in [5.41, 5.74) is 2.79. The highest BCUT2D eigenvalue weighted by Gasteiger charge is 2.27. The quantitative estimate of drug-likeness (QED) is 0.864. The minimum absolute atomic E-state index is 0.356. The fourth-order valence-corrected chi connectivity index (χ4v) is 3.08. The first-order chi connectivity index (χ1) is 9.61. The van der Waals surface area contributed by atoms with Crippen LogP contribution < -0.4 is 5.32 Å². The number of hydrogen-bond acceptors (Lipinski definition) is 3. The molecule has 1 aromatic carbocycles. The van der Waals surface area contributed by atoms with Crippen LogP contribution in [0.2, 0.25) is 0 Å². The average Bonchev–Trinajstić information content (AvgIpc) is 2.86. The normalized spacial score (nSPS) is 24.2. The smallest absolute Gasteiger partial charge is 0.0703 e. The van der Waals surface area contributed by atoms with Crippen molar-refractivity contribution in [2.24, 2.45) is 0 Å². The number of benzene rings is 1. The molecule has 1 fully saturated rings. The predicted molar refractivity (Wildman–Crippen MR) is 84.1 cm³/mol. The van der Waals surface area contributed by atoms with E-state index in [-0.39, 0.29) is 0 Å². The Kier molecular flexibility index (Phi) is 5.58. The number of rotatable bonds is 6. The molecule has 112 valence electrons. The van der Waals surface area contributed by atoms with E-state index >= 15 is 0 Å². The van der Waals surface area contributed by atoms with E-state index in [0.717, 1.165) is 26.1 Å². The number of nitrogens with one attached hydrogen (secondary N) is 1. The molecule has 1 heterocycles. The van der Waals surface area contributed by atoms with Gasteiger partial charge in [0.2, 0.25) is 0 Å². The van der Waals surface area contributed by atoms with Crippen molar-refractivity contribution in [3.63, 3.8) is 0 Å². The van der Waals surface area contributed by atoms with Gasteiger partial charge in [-0.2, -0.15) is 0 Å². The van der Waals surface area contributed by atoms with Gasteiger partial charge in [0.1, 0.15) is 0 Å². The second kappa shape index (κ2) is 7.21. The van der Waals surface area contributed by atoms with Crippen LogP contribution in [0.25, 0.3) is 0 Å². The molecule has 0 radical (unpaired) electrons. The Hall–Kier alpha value is -0.900. The first-order valence-electron chi connectivity index (χ1n) is 7.67. The van der Waals surface area contributed by atoms with Gasteiger partial charge in [-0.1, -0.05) is 31.2 Å². The molecular formula is C17H28N2O. The van der Waals surface area contributed by atoms with Crippen LogP contribution in [-0.4, -0.2) is 44.3 Å². The Morgan fingerprint density at radius 3 is 2.60 bits per heavy atom. The van der Waals surface area contributed by atoms with Gasteiger partial charge in [0.15, 0.2) is 0 Å². The number of ether oxygens (including phenoxy) is 1. The average molecular weight is 276 g/mol. The van der Waals surface area contributed by atoms with E-state index in [1.165, 1.54) is 11.1 Å². The van der Waals surface area contributed by atoms with Gasteiger partial charge in [-0.05, 0) is 44.5 Å². The summed E-state index contributed by atoms with van der Waals surface area (Å²) >= 11 is 0. The minimum Gasteiger partial charge on any atom is -0.377 e. The molecule has 1 aromatic rings. The maximum atomic E-state index is 5.65. The van der Waals surface area contributed by atoms with Crippen LogP contribution in [0, 0.1) is 0 Å². The van der Waals surface area contributed by atoms with Crippen LogP contribution in [-0.2, 0) is 11.3 Å². The van der Waals surface area contributed by atoms with E-state index in [1.54, 1.807) is 0 Å². The molecule has 3 nitrogen and oxygen atoms in total. The Balaban J connectivity index is 1.93. The fourth-order valence-electron chi connectivity index (χ4n) is 3.08. The highest BCUT2D eigenvalue weighted by Crippen LogP contribution is 2.21. The van der Waals surface area contributed by atoms with Crippen LogP contribution in [0.1, 0.15) is 37.3 Å². The summed E-state index contributed by atoms with van der Waals surface area (Å²) in [4.78, 5) is 2.42. The Labute approximate surface area is 123 Å². The van der Waals surface area contributed by atoms with E-state index in [9.17, 15) is 0 Å². The molecule has 20 heavy (non-hydrogen) atoms. The zero-order valence-corrected chi connectivity index (χ0v) is 13.2. The topological polar surface area (TPSA) is 24.5 Å². The summed E-state index contributed by atoms with van der Waals surface area (Å²) in [7, 11) is 4.21. The van der Waals surface area contributed by atoms with Crippen LogP contribution in [0.3, 0.4) is 0 Å². The molecule has 1 N–H and O–H groups in total. The van der Waals surface area contributed by atoms with Crippen molar-refractivity contribution in [3.8, 4) is 0 Å². The highest BCUT2D eigenvalue weighted by molar-refractivity contribution is 5.25. The van der Waals surface area contributed by atoms with Crippen LogP contribution in [0.4, 0.5) is 0 Å². The van der Waals surface area contributed by atoms with Crippen molar-refractivity contribution in [1.29, 1.82) is 0 Å². The van der Waals surface area contributed by atoms with Gasteiger partial charge in [-0.15, -0.1) is 0 Å². The van der Waals surface area contributed by atoms with E-state index in [4.69, 9.17) is 4.74 Å². The molecule has 2 rings (SSSR count). The third kappa shape index (κ3) is 3.81. The largest absolute Gasteiger partial charge is 0.377 e. The van der Waals surface area contributed by atoms with Crippen LogP contribution in [0.15, 0.2) is 24.3 Å². The zero-order chi connectivity index (χ0) is 14.5. The van der Waals surface area contributed by atoms with Gasteiger partial charge < -0.3 is 10.1 Å². The van der Waals surface area contributed by atoms with Gasteiger partial charge in [0, 0.05) is 25.7 Å². The maximum Gasteiger partial charge on any atom is 0.0703 e.